The summed E-state index contributed by atoms with van der Waals surface area (Å²) >= 11 is 0. The van der Waals surface area contributed by atoms with Gasteiger partial charge >= 0.3 is 6.36 Å². The van der Waals surface area contributed by atoms with Crippen LogP contribution in [0.4, 0.5) is 13.2 Å². The van der Waals surface area contributed by atoms with E-state index in [1.165, 1.54) is 34.1 Å². The van der Waals surface area contributed by atoms with E-state index < -0.39 is 16.4 Å². The molecule has 208 valence electrons. The summed E-state index contributed by atoms with van der Waals surface area (Å²) in [7, 11) is -3.50. The van der Waals surface area contributed by atoms with Crippen molar-refractivity contribution in [3.8, 4) is 17.2 Å². The van der Waals surface area contributed by atoms with E-state index >= 15 is 0 Å². The Morgan fingerprint density at radius 3 is 2.03 bits per heavy atom. The lowest BCUT2D eigenvalue weighted by Crippen LogP contribution is -2.39. The first-order valence-corrected chi connectivity index (χ1v) is 13.5. The van der Waals surface area contributed by atoms with E-state index in [1.807, 2.05) is 26.0 Å². The largest absolute Gasteiger partial charge is 0.573 e. The van der Waals surface area contributed by atoms with Crippen LogP contribution in [0.3, 0.4) is 0 Å². The third-order valence-corrected chi connectivity index (χ3v) is 7.57. The molecule has 1 aliphatic rings. The van der Waals surface area contributed by atoms with Crippen LogP contribution >= 0.6 is 0 Å². The normalized spacial score (nSPS) is 16.3. The van der Waals surface area contributed by atoms with E-state index in [-0.39, 0.29) is 11.8 Å². The van der Waals surface area contributed by atoms with Crippen molar-refractivity contribution in [1.29, 1.82) is 0 Å². The van der Waals surface area contributed by atoms with Gasteiger partial charge in [0.05, 0.1) is 10.9 Å². The van der Waals surface area contributed by atoms with Crippen molar-refractivity contribution in [2.45, 2.75) is 59.5 Å². The summed E-state index contributed by atoms with van der Waals surface area (Å²) in [4.78, 5) is 0.324. The second kappa shape index (κ2) is 13.5. The zero-order chi connectivity index (χ0) is 28.5. The molecule has 0 aromatic heterocycles. The lowest BCUT2D eigenvalue weighted by molar-refractivity contribution is -0.274. The third-order valence-electron chi connectivity index (χ3n) is 5.46. The average molecular weight is 553 g/mol. The lowest BCUT2D eigenvalue weighted by Gasteiger charge is -2.26. The molecule has 3 rings (SSSR count). The highest BCUT2D eigenvalue weighted by Crippen LogP contribution is 2.29. The molecule has 1 fully saturated rings. The first-order valence-electron chi connectivity index (χ1n) is 12.0. The number of hydrogen-bond donors (Lipinski definition) is 1. The summed E-state index contributed by atoms with van der Waals surface area (Å²) < 4.78 is 73.2. The molecule has 2 aromatic rings. The highest BCUT2D eigenvalue weighted by molar-refractivity contribution is 7.93. The van der Waals surface area contributed by atoms with Gasteiger partial charge in [-0.1, -0.05) is 30.4 Å². The fourth-order valence-electron chi connectivity index (χ4n) is 3.56. The molecular weight excluding hydrogens is 517 g/mol. The lowest BCUT2D eigenvalue weighted by atomic mass is 10.1. The molecule has 0 amide bonds. The Kier molecular flexibility index (Phi) is 11.0. The first-order chi connectivity index (χ1) is 17.7. The zero-order valence-electron chi connectivity index (χ0n) is 22.1. The van der Waals surface area contributed by atoms with Crippen LogP contribution in [0.25, 0.3) is 0 Å². The van der Waals surface area contributed by atoms with Crippen LogP contribution in [-0.2, 0) is 16.6 Å². The monoisotopic (exact) mass is 552 g/mol. The minimum atomic E-state index is -4.74. The van der Waals surface area contributed by atoms with Gasteiger partial charge in [-0.15, -0.1) is 19.8 Å². The summed E-state index contributed by atoms with van der Waals surface area (Å²) in [6.07, 6.45) is -1.67. The Balaban J connectivity index is 0.00000118. The molecular formula is C28H35F3N2O4S. The van der Waals surface area contributed by atoms with Crippen LogP contribution in [0, 0.1) is 0 Å². The van der Waals surface area contributed by atoms with E-state index in [2.05, 4.69) is 23.2 Å². The first kappa shape index (κ1) is 31.0. The van der Waals surface area contributed by atoms with E-state index in [4.69, 9.17) is 4.74 Å². The zero-order valence-corrected chi connectivity index (χ0v) is 23.0. The predicted octanol–water partition coefficient (Wildman–Crippen LogP) is 7.28. The number of nitrogens with one attached hydrogen (secondary N) is 1. The molecule has 0 radical (unpaired) electrons. The van der Waals surface area contributed by atoms with E-state index in [9.17, 15) is 21.6 Å². The van der Waals surface area contributed by atoms with Crippen LogP contribution in [0.15, 0.2) is 83.9 Å². The van der Waals surface area contributed by atoms with Crippen molar-refractivity contribution in [3.63, 3.8) is 0 Å². The van der Waals surface area contributed by atoms with Gasteiger partial charge < -0.3 is 14.8 Å². The van der Waals surface area contributed by atoms with Crippen molar-refractivity contribution >= 4 is 10.0 Å². The van der Waals surface area contributed by atoms with Crippen molar-refractivity contribution < 1.29 is 31.1 Å². The van der Waals surface area contributed by atoms with E-state index in [0.717, 1.165) is 12.0 Å². The van der Waals surface area contributed by atoms with Gasteiger partial charge in [-0.05, 0) is 82.5 Å². The molecule has 6 nitrogen and oxygen atoms in total. The number of rotatable bonds is 9. The van der Waals surface area contributed by atoms with Crippen molar-refractivity contribution in [1.82, 2.24) is 9.62 Å². The van der Waals surface area contributed by atoms with E-state index in [1.54, 1.807) is 32.1 Å². The van der Waals surface area contributed by atoms with Crippen LogP contribution in [0.5, 0.6) is 17.2 Å². The molecule has 2 aromatic carbocycles. The number of ether oxygens (including phenoxy) is 2. The van der Waals surface area contributed by atoms with Crippen molar-refractivity contribution in [3.05, 3.63) is 89.5 Å². The number of benzene rings is 2. The SMILES string of the molecule is C=C(C)C.C=C(NCc1ccc(Oc2ccc(OC(F)(F)F)cc2)cc1)C1CCCN1S(=O)(=O)/C(C)=C/C. The second-order valence-electron chi connectivity index (χ2n) is 9.02. The van der Waals surface area contributed by atoms with Crippen LogP contribution in [-0.4, -0.2) is 31.7 Å². The maximum Gasteiger partial charge on any atom is 0.573 e. The fourth-order valence-corrected chi connectivity index (χ4v) is 5.17. The molecule has 38 heavy (non-hydrogen) atoms. The summed E-state index contributed by atoms with van der Waals surface area (Å²) in [5.74, 6) is 0.561. The Labute approximate surface area is 223 Å². The minimum absolute atomic E-state index is 0.299. The predicted molar refractivity (Wildman–Crippen MR) is 144 cm³/mol. The number of alkyl halides is 3. The van der Waals surface area contributed by atoms with Crippen LogP contribution in [0.1, 0.15) is 46.1 Å². The summed E-state index contributed by atoms with van der Waals surface area (Å²) in [6.45, 7) is 15.8. The van der Waals surface area contributed by atoms with Gasteiger partial charge in [0.25, 0.3) is 0 Å². The summed E-state index contributed by atoms with van der Waals surface area (Å²) in [6, 6.07) is 12.0. The number of sulfonamides is 1. The highest BCUT2D eigenvalue weighted by Gasteiger charge is 2.36. The van der Waals surface area contributed by atoms with Gasteiger partial charge in [0, 0.05) is 18.8 Å². The Bertz CT molecular complexity index is 1220. The minimum Gasteiger partial charge on any atom is -0.457 e. The molecule has 1 aliphatic heterocycles. The standard InChI is InChI=1S/C24H27F3N2O4S.C4H8/c1-4-17(2)34(30,31)29-15-5-6-23(29)18(3)28-16-19-7-9-20(10-8-19)32-21-11-13-22(14-12-21)33-24(25,26)27;1-4(2)3/h4,7-14,23,28H,3,5-6,15-16H2,1-2H3;1H2,2-3H3/b17-4+;. The average Bonchev–Trinajstić information content (AvgIpc) is 3.34. The molecule has 0 saturated carbocycles. The fraction of sp³-hybridized carbons (Fsp3) is 0.357. The molecule has 1 heterocycles. The number of halogens is 3. The maximum absolute atomic E-state index is 12.7. The van der Waals surface area contributed by atoms with Crippen LogP contribution < -0.4 is 14.8 Å². The van der Waals surface area contributed by atoms with Gasteiger partial charge in [0.1, 0.15) is 17.2 Å². The maximum atomic E-state index is 12.7. The number of nitrogens with zero attached hydrogens (tertiary/aromatic N) is 1. The molecule has 0 bridgehead atoms. The summed E-state index contributed by atoms with van der Waals surface area (Å²) in [5, 5.41) is 3.23. The third kappa shape index (κ3) is 9.57. The van der Waals surface area contributed by atoms with Gasteiger partial charge in [-0.25, -0.2) is 8.42 Å². The molecule has 1 atom stereocenters. The molecule has 0 spiro atoms. The molecule has 1 N–H and O–H groups in total. The van der Waals surface area contributed by atoms with Crippen molar-refractivity contribution in [2.75, 3.05) is 6.54 Å². The Morgan fingerprint density at radius 2 is 1.53 bits per heavy atom. The number of hydrogen-bond acceptors (Lipinski definition) is 5. The van der Waals surface area contributed by atoms with Gasteiger partial charge in [-0.2, -0.15) is 4.31 Å². The van der Waals surface area contributed by atoms with Gasteiger partial charge in [0.15, 0.2) is 0 Å². The summed E-state index contributed by atoms with van der Waals surface area (Å²) in [5.41, 5.74) is 2.74. The van der Waals surface area contributed by atoms with Crippen molar-refractivity contribution in [2.24, 2.45) is 0 Å². The van der Waals surface area contributed by atoms with Gasteiger partial charge in [-0.3, -0.25) is 0 Å². The highest BCUT2D eigenvalue weighted by atomic mass is 32.2. The smallest absolute Gasteiger partial charge is 0.457 e. The topological polar surface area (TPSA) is 67.9 Å². The molecule has 10 heteroatoms. The van der Waals surface area contributed by atoms with E-state index in [0.29, 0.717) is 41.6 Å². The number of allylic oxidation sites excluding steroid dienone is 3. The quantitative estimate of drug-likeness (QED) is 0.331. The molecule has 1 saturated heterocycles. The Hall–Kier alpha value is -3.24. The second-order valence-corrected chi connectivity index (χ2v) is 11.1. The molecule has 1 unspecified atom stereocenters. The van der Waals surface area contributed by atoms with Gasteiger partial charge in [0.2, 0.25) is 10.0 Å². The Morgan fingerprint density at radius 1 is 1.03 bits per heavy atom. The molecule has 0 aliphatic carbocycles. The van der Waals surface area contributed by atoms with Crippen LogP contribution in [0.2, 0.25) is 0 Å².